The highest BCUT2D eigenvalue weighted by Gasteiger charge is 2.62. The van der Waals surface area contributed by atoms with Gasteiger partial charge in [0.25, 0.3) is 0 Å². The van der Waals surface area contributed by atoms with E-state index >= 15 is 0 Å². The fourth-order valence-electron chi connectivity index (χ4n) is 3.18. The van der Waals surface area contributed by atoms with E-state index in [0.29, 0.717) is 13.0 Å². The first-order valence-electron chi connectivity index (χ1n) is 8.23. The number of halogens is 1. The van der Waals surface area contributed by atoms with Crippen molar-refractivity contribution < 1.29 is 18.7 Å². The van der Waals surface area contributed by atoms with E-state index in [1.807, 2.05) is 20.8 Å². The van der Waals surface area contributed by atoms with Crippen molar-refractivity contribution in [2.75, 3.05) is 20.3 Å². The molecule has 0 aromatic heterocycles. The highest BCUT2D eigenvalue weighted by atomic mass is 19.1. The lowest BCUT2D eigenvalue weighted by Crippen LogP contribution is -2.75. The molecule has 1 aromatic carbocycles. The Morgan fingerprint density at radius 1 is 1.42 bits per heavy atom. The summed E-state index contributed by atoms with van der Waals surface area (Å²) in [6, 6.07) is 6.03. The van der Waals surface area contributed by atoms with Gasteiger partial charge in [-0.15, -0.1) is 0 Å². The number of carbonyl (C=O) groups is 1. The Morgan fingerprint density at radius 3 is 2.54 bits per heavy atom. The van der Waals surface area contributed by atoms with Crippen LogP contribution in [0.5, 0.6) is 0 Å². The molecule has 24 heavy (non-hydrogen) atoms. The van der Waals surface area contributed by atoms with Gasteiger partial charge in [0.15, 0.2) is 0 Å². The number of methoxy groups -OCH3 is 1. The average Bonchev–Trinajstić information content (AvgIpc) is 2.56. The van der Waals surface area contributed by atoms with Gasteiger partial charge in [-0.1, -0.05) is 26.0 Å². The number of carbonyl (C=O) groups excluding carboxylic acids is 1. The summed E-state index contributed by atoms with van der Waals surface area (Å²) in [6.07, 6.45) is 0.117. The zero-order chi connectivity index (χ0) is 18.0. The molecule has 0 saturated heterocycles. The van der Waals surface area contributed by atoms with Gasteiger partial charge in [-0.05, 0) is 24.6 Å². The molecule has 1 amide bonds. The second-order valence-corrected chi connectivity index (χ2v) is 6.83. The Bertz CT molecular complexity index is 576. The molecule has 1 aliphatic carbocycles. The Morgan fingerprint density at radius 2 is 2.04 bits per heavy atom. The third kappa shape index (κ3) is 3.31. The van der Waals surface area contributed by atoms with E-state index in [1.165, 1.54) is 12.1 Å². The molecule has 0 heterocycles. The van der Waals surface area contributed by atoms with E-state index in [4.69, 9.17) is 15.2 Å². The number of nitrogens with two attached hydrogens (primary N) is 1. The van der Waals surface area contributed by atoms with Crippen molar-refractivity contribution in [3.63, 3.8) is 0 Å². The summed E-state index contributed by atoms with van der Waals surface area (Å²) in [7, 11) is 1.55. The minimum absolute atomic E-state index is 0.0198. The van der Waals surface area contributed by atoms with E-state index in [9.17, 15) is 9.18 Å². The first-order chi connectivity index (χ1) is 11.3. The standard InChI is InChI=1S/C18H27FN2O3/c1-5-24-15-10-18(20,17(15,2)3)16(22)21-11-14(23-4)12-6-8-13(19)9-7-12/h6-9,14-15H,5,10-11,20H2,1-4H3,(H,21,22). The van der Waals surface area contributed by atoms with Crippen LogP contribution in [0.4, 0.5) is 4.39 Å². The van der Waals surface area contributed by atoms with Crippen LogP contribution in [0, 0.1) is 11.2 Å². The number of nitrogens with one attached hydrogen (secondary N) is 1. The predicted molar refractivity (Wildman–Crippen MR) is 89.9 cm³/mol. The summed E-state index contributed by atoms with van der Waals surface area (Å²) in [6.45, 7) is 6.70. The lowest BCUT2D eigenvalue weighted by Gasteiger charge is -2.57. The van der Waals surface area contributed by atoms with Crippen LogP contribution in [-0.4, -0.2) is 37.8 Å². The molecule has 0 aliphatic heterocycles. The zero-order valence-electron chi connectivity index (χ0n) is 14.8. The second kappa shape index (κ2) is 7.17. The maximum Gasteiger partial charge on any atom is 0.240 e. The van der Waals surface area contributed by atoms with Crippen molar-refractivity contribution in [3.05, 3.63) is 35.6 Å². The molecule has 1 aromatic rings. The molecule has 3 atom stereocenters. The molecule has 5 nitrogen and oxygen atoms in total. The molecule has 3 unspecified atom stereocenters. The van der Waals surface area contributed by atoms with Crippen molar-refractivity contribution in [2.24, 2.45) is 11.1 Å². The van der Waals surface area contributed by atoms with Gasteiger partial charge in [0.1, 0.15) is 11.4 Å². The average molecular weight is 338 g/mol. The minimum atomic E-state index is -0.964. The van der Waals surface area contributed by atoms with E-state index in [-0.39, 0.29) is 30.5 Å². The predicted octanol–water partition coefficient (Wildman–Crippen LogP) is 2.16. The maximum atomic E-state index is 13.0. The number of amides is 1. The molecule has 134 valence electrons. The number of benzene rings is 1. The Hall–Kier alpha value is -1.50. The third-order valence-corrected chi connectivity index (χ3v) is 5.21. The van der Waals surface area contributed by atoms with Crippen LogP contribution in [0.3, 0.4) is 0 Å². The molecule has 2 rings (SSSR count). The molecule has 1 saturated carbocycles. The molecule has 0 spiro atoms. The number of rotatable bonds is 7. The van der Waals surface area contributed by atoms with E-state index < -0.39 is 11.0 Å². The van der Waals surface area contributed by atoms with Crippen LogP contribution in [0.25, 0.3) is 0 Å². The number of ether oxygens (including phenoxy) is 2. The van der Waals surface area contributed by atoms with E-state index in [0.717, 1.165) is 5.56 Å². The van der Waals surface area contributed by atoms with Crippen LogP contribution in [-0.2, 0) is 14.3 Å². The van der Waals surface area contributed by atoms with E-state index in [2.05, 4.69) is 5.32 Å². The van der Waals surface area contributed by atoms with Crippen molar-refractivity contribution >= 4 is 5.91 Å². The fourth-order valence-corrected chi connectivity index (χ4v) is 3.18. The summed E-state index contributed by atoms with van der Waals surface area (Å²) >= 11 is 0. The summed E-state index contributed by atoms with van der Waals surface area (Å²) in [5, 5.41) is 2.87. The zero-order valence-corrected chi connectivity index (χ0v) is 14.8. The smallest absolute Gasteiger partial charge is 0.240 e. The lowest BCUT2D eigenvalue weighted by atomic mass is 9.54. The highest BCUT2D eigenvalue weighted by Crippen LogP contribution is 2.49. The Labute approximate surface area is 142 Å². The summed E-state index contributed by atoms with van der Waals surface area (Å²) in [5.41, 5.74) is 5.74. The number of hydrogen-bond donors (Lipinski definition) is 2. The topological polar surface area (TPSA) is 73.6 Å². The van der Waals surface area contributed by atoms with Crippen LogP contribution in [0.15, 0.2) is 24.3 Å². The third-order valence-electron chi connectivity index (χ3n) is 5.21. The van der Waals surface area contributed by atoms with Crippen LogP contribution >= 0.6 is 0 Å². The van der Waals surface area contributed by atoms with Gasteiger partial charge in [0, 0.05) is 32.1 Å². The monoisotopic (exact) mass is 338 g/mol. The number of hydrogen-bond acceptors (Lipinski definition) is 4. The van der Waals surface area contributed by atoms with Crippen molar-refractivity contribution in [3.8, 4) is 0 Å². The second-order valence-electron chi connectivity index (χ2n) is 6.83. The quantitative estimate of drug-likeness (QED) is 0.799. The molecule has 6 heteroatoms. The SMILES string of the molecule is CCOC1CC(N)(C(=O)NCC(OC)c2ccc(F)cc2)C1(C)C. The van der Waals surface area contributed by atoms with E-state index in [1.54, 1.807) is 19.2 Å². The van der Waals surface area contributed by atoms with Gasteiger partial charge < -0.3 is 20.5 Å². The van der Waals surface area contributed by atoms with Gasteiger partial charge >= 0.3 is 0 Å². The fraction of sp³-hybridized carbons (Fsp3) is 0.611. The minimum Gasteiger partial charge on any atom is -0.378 e. The molecular weight excluding hydrogens is 311 g/mol. The highest BCUT2D eigenvalue weighted by molar-refractivity contribution is 5.88. The summed E-state index contributed by atoms with van der Waals surface area (Å²) in [5.74, 6) is -0.524. The molecule has 0 bridgehead atoms. The molecule has 1 aliphatic rings. The van der Waals surface area contributed by atoms with Gasteiger partial charge in [0.05, 0.1) is 12.2 Å². The molecule has 0 radical (unpaired) electrons. The largest absolute Gasteiger partial charge is 0.378 e. The van der Waals surface area contributed by atoms with Crippen LogP contribution in [0.1, 0.15) is 38.9 Å². The summed E-state index contributed by atoms with van der Waals surface area (Å²) in [4.78, 5) is 12.6. The van der Waals surface area contributed by atoms with Crippen molar-refractivity contribution in [2.45, 2.75) is 44.9 Å². The lowest BCUT2D eigenvalue weighted by molar-refractivity contribution is -0.171. The Kier molecular flexibility index (Phi) is 5.63. The van der Waals surface area contributed by atoms with Gasteiger partial charge in [0.2, 0.25) is 5.91 Å². The van der Waals surface area contributed by atoms with Gasteiger partial charge in [-0.25, -0.2) is 4.39 Å². The molecule has 3 N–H and O–H groups in total. The van der Waals surface area contributed by atoms with Gasteiger partial charge in [-0.2, -0.15) is 0 Å². The van der Waals surface area contributed by atoms with Crippen molar-refractivity contribution in [1.29, 1.82) is 0 Å². The summed E-state index contributed by atoms with van der Waals surface area (Å²) < 4.78 is 24.1. The molecular formula is C18H27FN2O3. The van der Waals surface area contributed by atoms with Crippen LogP contribution in [0.2, 0.25) is 0 Å². The first kappa shape index (κ1) is 18.8. The van der Waals surface area contributed by atoms with Gasteiger partial charge in [-0.3, -0.25) is 4.79 Å². The molecule has 1 fully saturated rings. The first-order valence-corrected chi connectivity index (χ1v) is 8.23. The van der Waals surface area contributed by atoms with Crippen molar-refractivity contribution in [1.82, 2.24) is 5.32 Å². The normalized spacial score (nSPS) is 26.5. The van der Waals surface area contributed by atoms with Crippen LogP contribution < -0.4 is 11.1 Å². The maximum absolute atomic E-state index is 13.0. The Balaban J connectivity index is 1.98.